The molecule has 2 heterocycles. The minimum Gasteiger partial charge on any atom is -0.496 e. The van der Waals surface area contributed by atoms with E-state index in [2.05, 4.69) is 0 Å². The van der Waals surface area contributed by atoms with Gasteiger partial charge in [0.2, 0.25) is 0 Å². The summed E-state index contributed by atoms with van der Waals surface area (Å²) in [5.74, 6) is 1.27. The molecule has 184 valence electrons. The molecule has 1 saturated carbocycles. The Morgan fingerprint density at radius 1 is 1.11 bits per heavy atom. The van der Waals surface area contributed by atoms with Crippen molar-refractivity contribution in [2.45, 2.75) is 38.1 Å². The lowest BCUT2D eigenvalue weighted by atomic mass is 9.94. The van der Waals surface area contributed by atoms with Crippen LogP contribution >= 0.6 is 11.8 Å². The number of non-ortho nitro benzene ring substituents is 1. The lowest BCUT2D eigenvalue weighted by Gasteiger charge is -2.30. The van der Waals surface area contributed by atoms with Crippen LogP contribution in [0.4, 0.5) is 11.4 Å². The number of rotatable bonds is 6. The monoisotopic (exact) mass is 503 g/mol. The van der Waals surface area contributed by atoms with E-state index in [1.54, 1.807) is 24.3 Å². The summed E-state index contributed by atoms with van der Waals surface area (Å²) in [5, 5.41) is 11.9. The van der Waals surface area contributed by atoms with Gasteiger partial charge in [-0.05, 0) is 54.9 Å². The number of amidine groups is 1. The average Bonchev–Trinajstić information content (AvgIpc) is 3.49. The summed E-state index contributed by atoms with van der Waals surface area (Å²) in [4.78, 5) is 31.5. The number of carbonyl (C=O) groups excluding carboxylic acids is 1. The van der Waals surface area contributed by atoms with Crippen molar-refractivity contribution in [1.82, 2.24) is 4.90 Å². The smallest absolute Gasteiger partial charge is 0.270 e. The molecule has 1 aliphatic heterocycles. The molecule has 3 aromatic rings. The zero-order chi connectivity index (χ0) is 25.1. The zero-order valence-corrected chi connectivity index (χ0v) is 20.6. The Kier molecular flexibility index (Phi) is 6.90. The molecule has 0 N–H and O–H groups in total. The third kappa shape index (κ3) is 4.92. The van der Waals surface area contributed by atoms with Crippen LogP contribution in [0.15, 0.2) is 75.0 Å². The summed E-state index contributed by atoms with van der Waals surface area (Å²) in [6, 6.07) is 17.6. The SMILES string of the molecule is COc1ccc([N+](=O)[O-])cc1-c1ccc(/C=C2\SC(=Nc3ccccc3)N(C3CCCCC3)C2=O)o1. The summed E-state index contributed by atoms with van der Waals surface area (Å²) in [5.41, 5.74) is 1.21. The number of ether oxygens (including phenoxy) is 1. The highest BCUT2D eigenvalue weighted by Gasteiger charge is 2.38. The van der Waals surface area contributed by atoms with Gasteiger partial charge in [0.15, 0.2) is 5.17 Å². The number of hydrogen-bond acceptors (Lipinski definition) is 7. The van der Waals surface area contributed by atoms with Crippen LogP contribution < -0.4 is 4.74 Å². The van der Waals surface area contributed by atoms with E-state index in [4.69, 9.17) is 14.1 Å². The number of benzene rings is 2. The van der Waals surface area contributed by atoms with Crippen LogP contribution in [-0.4, -0.2) is 34.0 Å². The molecule has 0 radical (unpaired) electrons. The maximum absolute atomic E-state index is 13.5. The Hall–Kier alpha value is -3.85. The van der Waals surface area contributed by atoms with Gasteiger partial charge < -0.3 is 9.15 Å². The Labute approximate surface area is 212 Å². The van der Waals surface area contributed by atoms with Gasteiger partial charge in [0.05, 0.1) is 28.2 Å². The predicted molar refractivity (Wildman–Crippen MR) is 140 cm³/mol. The van der Waals surface area contributed by atoms with Crippen LogP contribution in [0.25, 0.3) is 17.4 Å². The number of methoxy groups -OCH3 is 1. The second-order valence-corrected chi connectivity index (χ2v) is 9.66. The normalized spacial score (nSPS) is 18.8. The summed E-state index contributed by atoms with van der Waals surface area (Å²) >= 11 is 1.34. The van der Waals surface area contributed by atoms with Crippen molar-refractivity contribution in [3.8, 4) is 17.1 Å². The van der Waals surface area contributed by atoms with Crippen LogP contribution in [0.2, 0.25) is 0 Å². The van der Waals surface area contributed by atoms with E-state index in [0.29, 0.717) is 32.9 Å². The first kappa shape index (κ1) is 23.9. The molecule has 5 rings (SSSR count). The summed E-state index contributed by atoms with van der Waals surface area (Å²) in [6.45, 7) is 0. The molecule has 0 unspecified atom stereocenters. The highest BCUT2D eigenvalue weighted by molar-refractivity contribution is 8.18. The van der Waals surface area contributed by atoms with E-state index in [9.17, 15) is 14.9 Å². The van der Waals surface area contributed by atoms with Gasteiger partial charge in [0, 0.05) is 24.3 Å². The fourth-order valence-electron chi connectivity index (χ4n) is 4.55. The zero-order valence-electron chi connectivity index (χ0n) is 19.8. The number of aliphatic imine (C=N–C) groups is 1. The van der Waals surface area contributed by atoms with E-state index < -0.39 is 4.92 Å². The Balaban J connectivity index is 1.47. The average molecular weight is 504 g/mol. The molecule has 1 amide bonds. The quantitative estimate of drug-likeness (QED) is 0.208. The third-order valence-electron chi connectivity index (χ3n) is 6.32. The summed E-state index contributed by atoms with van der Waals surface area (Å²) in [7, 11) is 1.50. The Morgan fingerprint density at radius 3 is 2.61 bits per heavy atom. The molecule has 8 nitrogen and oxygen atoms in total. The standard InChI is InChI=1S/C27H25N3O5S/c1-34-23-14-12-20(30(32)33)16-22(23)24-15-13-21(35-24)17-25-26(31)29(19-10-6-3-7-11-19)27(36-25)28-18-8-4-2-5-9-18/h2,4-5,8-9,12-17,19H,3,6-7,10-11H2,1H3/b25-17-,28-27?. The Morgan fingerprint density at radius 2 is 1.89 bits per heavy atom. The maximum atomic E-state index is 13.5. The van der Waals surface area contributed by atoms with E-state index >= 15 is 0 Å². The first-order valence-electron chi connectivity index (χ1n) is 11.8. The third-order valence-corrected chi connectivity index (χ3v) is 7.30. The number of furan rings is 1. The topological polar surface area (TPSA) is 98.2 Å². The fourth-order valence-corrected chi connectivity index (χ4v) is 5.58. The van der Waals surface area contributed by atoms with Gasteiger partial charge in [-0.2, -0.15) is 0 Å². The maximum Gasteiger partial charge on any atom is 0.270 e. The number of nitrogens with zero attached hydrogens (tertiary/aromatic N) is 3. The Bertz CT molecular complexity index is 1340. The molecular weight excluding hydrogens is 478 g/mol. The van der Waals surface area contributed by atoms with Crippen molar-refractivity contribution in [2.24, 2.45) is 4.99 Å². The van der Waals surface area contributed by atoms with Crippen LogP contribution in [0.3, 0.4) is 0 Å². The van der Waals surface area contributed by atoms with Crippen molar-refractivity contribution in [2.75, 3.05) is 7.11 Å². The molecule has 1 saturated heterocycles. The second-order valence-electron chi connectivity index (χ2n) is 8.65. The highest BCUT2D eigenvalue weighted by atomic mass is 32.2. The number of hydrogen-bond donors (Lipinski definition) is 0. The van der Waals surface area contributed by atoms with Crippen LogP contribution in [0, 0.1) is 10.1 Å². The van der Waals surface area contributed by atoms with Gasteiger partial charge in [-0.15, -0.1) is 0 Å². The second kappa shape index (κ2) is 10.4. The number of amides is 1. The molecule has 2 aromatic carbocycles. The molecule has 0 spiro atoms. The van der Waals surface area contributed by atoms with Gasteiger partial charge in [-0.1, -0.05) is 37.5 Å². The van der Waals surface area contributed by atoms with Crippen molar-refractivity contribution in [3.05, 3.63) is 81.4 Å². The van der Waals surface area contributed by atoms with Gasteiger partial charge in [0.1, 0.15) is 17.3 Å². The first-order chi connectivity index (χ1) is 17.5. The molecule has 1 aromatic heterocycles. The highest BCUT2D eigenvalue weighted by Crippen LogP contribution is 2.40. The molecule has 9 heteroatoms. The molecule has 0 bridgehead atoms. The van der Waals surface area contributed by atoms with Crippen LogP contribution in [0.1, 0.15) is 37.9 Å². The largest absolute Gasteiger partial charge is 0.496 e. The number of para-hydroxylation sites is 1. The molecule has 1 aliphatic carbocycles. The van der Waals surface area contributed by atoms with E-state index in [1.807, 2.05) is 35.2 Å². The predicted octanol–water partition coefficient (Wildman–Crippen LogP) is 6.80. The molecule has 2 fully saturated rings. The summed E-state index contributed by atoms with van der Waals surface area (Å²) < 4.78 is 11.4. The minimum absolute atomic E-state index is 0.0616. The van der Waals surface area contributed by atoms with Crippen molar-refractivity contribution in [3.63, 3.8) is 0 Å². The van der Waals surface area contributed by atoms with Crippen LogP contribution in [-0.2, 0) is 4.79 Å². The number of carbonyl (C=O) groups is 1. The van der Waals surface area contributed by atoms with Crippen LogP contribution in [0.5, 0.6) is 5.75 Å². The van der Waals surface area contributed by atoms with E-state index in [1.165, 1.54) is 37.4 Å². The first-order valence-corrected chi connectivity index (χ1v) is 12.6. The summed E-state index contributed by atoms with van der Waals surface area (Å²) in [6.07, 6.45) is 7.03. The van der Waals surface area contributed by atoms with Gasteiger partial charge in [0.25, 0.3) is 11.6 Å². The van der Waals surface area contributed by atoms with Crippen molar-refractivity contribution in [1.29, 1.82) is 0 Å². The molecule has 36 heavy (non-hydrogen) atoms. The van der Waals surface area contributed by atoms with E-state index in [0.717, 1.165) is 31.4 Å². The van der Waals surface area contributed by atoms with Gasteiger partial charge in [-0.3, -0.25) is 19.8 Å². The number of nitro groups is 1. The molecule has 2 aliphatic rings. The lowest BCUT2D eigenvalue weighted by Crippen LogP contribution is -2.40. The fraction of sp³-hybridized carbons (Fsp3) is 0.259. The van der Waals surface area contributed by atoms with Crippen molar-refractivity contribution >= 4 is 40.3 Å². The van der Waals surface area contributed by atoms with Crippen molar-refractivity contribution < 1.29 is 18.9 Å². The van der Waals surface area contributed by atoms with E-state index in [-0.39, 0.29) is 17.6 Å². The number of nitro benzene ring substituents is 1. The van der Waals surface area contributed by atoms with Gasteiger partial charge >= 0.3 is 0 Å². The number of thioether (sulfide) groups is 1. The lowest BCUT2D eigenvalue weighted by molar-refractivity contribution is -0.384. The molecule has 0 atom stereocenters. The molecular formula is C27H25N3O5S. The van der Waals surface area contributed by atoms with Gasteiger partial charge in [-0.25, -0.2) is 4.99 Å². The minimum atomic E-state index is -0.462.